The van der Waals surface area contributed by atoms with Gasteiger partial charge < -0.3 is 19.5 Å². The number of fused-ring (bicyclic) bond motifs is 2. The summed E-state index contributed by atoms with van der Waals surface area (Å²) in [4.78, 5) is 13.7. The zero-order chi connectivity index (χ0) is 50.1. The van der Waals surface area contributed by atoms with Crippen molar-refractivity contribution in [3.05, 3.63) is 207 Å². The fraction of sp³-hybridized carbons (Fsp3) is 0.288. The molecule has 3 heterocycles. The Bertz CT molecular complexity index is 3050. The van der Waals surface area contributed by atoms with E-state index in [1.807, 2.05) is 119 Å². The largest absolute Gasteiger partial charge is 2.00 e. The van der Waals surface area contributed by atoms with Crippen molar-refractivity contribution in [2.24, 2.45) is 4.99 Å². The summed E-state index contributed by atoms with van der Waals surface area (Å²) < 4.78 is 93.8. The number of hydrogen-bond donors (Lipinski definition) is 0. The Balaban J connectivity index is 0.00000676. The van der Waals surface area contributed by atoms with Crippen molar-refractivity contribution in [1.82, 2.24) is 4.98 Å². The van der Waals surface area contributed by atoms with Gasteiger partial charge in [0, 0.05) is 52.5 Å². The number of benzene rings is 6. The van der Waals surface area contributed by atoms with Crippen LogP contribution in [0.5, 0.6) is 11.5 Å². The summed E-state index contributed by atoms with van der Waals surface area (Å²) in [6.45, 7) is 19.0. The molecule has 6 aromatic carbocycles. The van der Waals surface area contributed by atoms with Crippen LogP contribution in [0.1, 0.15) is 117 Å². The molecule has 0 amide bonds. The van der Waals surface area contributed by atoms with Gasteiger partial charge in [-0.2, -0.15) is 31.9 Å². The maximum Gasteiger partial charge on any atom is 2.00 e. The van der Waals surface area contributed by atoms with Crippen LogP contribution in [0, 0.1) is 19.1 Å². The third kappa shape index (κ3) is 10.3. The summed E-state index contributed by atoms with van der Waals surface area (Å²) in [5.41, 5.74) is 4.69. The molecule has 9 rings (SSSR count). The van der Waals surface area contributed by atoms with Crippen LogP contribution in [0.25, 0.3) is 0 Å². The number of aliphatic imine (C=N–C) groups is 1. The van der Waals surface area contributed by atoms with Gasteiger partial charge in [0.05, 0.1) is 23.0 Å². The Morgan fingerprint density at radius 3 is 1.80 bits per heavy atom. The van der Waals surface area contributed by atoms with Gasteiger partial charge >= 0.3 is 33.4 Å². The van der Waals surface area contributed by atoms with Crippen LogP contribution in [0.2, 0.25) is 0 Å². The number of halogens is 6. The zero-order valence-electron chi connectivity index (χ0n) is 40.9. The van der Waals surface area contributed by atoms with Gasteiger partial charge in [-0.25, -0.2) is 4.98 Å². The van der Waals surface area contributed by atoms with Gasteiger partial charge in [-0.3, -0.25) is 0 Å². The molecule has 0 aliphatic carbocycles. The molecule has 1 atom stereocenters. The average molecular weight is 1140 g/mol. The smallest absolute Gasteiger partial charge is 0.503 e. The molecule has 0 saturated heterocycles. The Labute approximate surface area is 426 Å². The van der Waals surface area contributed by atoms with Crippen molar-refractivity contribution >= 4 is 28.7 Å². The van der Waals surface area contributed by atoms with Crippen LogP contribution in [0.3, 0.4) is 0 Å². The summed E-state index contributed by atoms with van der Waals surface area (Å²) in [5.74, 6) is 1.13. The molecule has 0 saturated carbocycles. The second-order valence-electron chi connectivity index (χ2n) is 20.9. The first-order valence-electron chi connectivity index (χ1n) is 23.3. The molecular formula is C59H54F6N4OPt. The quantitative estimate of drug-likeness (QED) is 0.112. The second kappa shape index (κ2) is 18.8. The van der Waals surface area contributed by atoms with E-state index in [-0.39, 0.29) is 61.8 Å². The summed E-state index contributed by atoms with van der Waals surface area (Å²) in [6.07, 6.45) is -8.35. The van der Waals surface area contributed by atoms with E-state index in [1.165, 1.54) is 10.5 Å². The second-order valence-corrected chi connectivity index (χ2v) is 20.9. The number of amidine groups is 1. The zero-order valence-corrected chi connectivity index (χ0v) is 43.2. The molecule has 71 heavy (non-hydrogen) atoms. The SMILES string of the molecule is Cc1cc(Oc2[c-]c(C3=N[C@H](C(c4ccccc4)c4ccccc4)CN3c3cc(C(F)(F)F)cc(C(F)(F)F)c3)cc(C(C)(C)C)c2)[c-]c(N2c3ccc(C(C)(C)C)cc3C(C)(C)c3cccnc32)c1.[Pt+2]. The van der Waals surface area contributed by atoms with Crippen molar-refractivity contribution in [3.8, 4) is 11.5 Å². The van der Waals surface area contributed by atoms with Crippen LogP contribution in [0.15, 0.2) is 145 Å². The van der Waals surface area contributed by atoms with Crippen molar-refractivity contribution in [2.75, 3.05) is 16.3 Å². The first-order valence-corrected chi connectivity index (χ1v) is 23.3. The Morgan fingerprint density at radius 1 is 0.634 bits per heavy atom. The number of ether oxygens (including phenoxy) is 1. The van der Waals surface area contributed by atoms with E-state index in [9.17, 15) is 26.3 Å². The van der Waals surface area contributed by atoms with Crippen molar-refractivity contribution < 1.29 is 52.1 Å². The number of anilines is 4. The summed E-state index contributed by atoms with van der Waals surface area (Å²) in [5, 5.41) is 0. The molecule has 0 unspecified atom stereocenters. The first-order chi connectivity index (χ1) is 32.9. The minimum Gasteiger partial charge on any atom is -0.503 e. The third-order valence-corrected chi connectivity index (χ3v) is 13.3. The van der Waals surface area contributed by atoms with E-state index in [4.69, 9.17) is 14.7 Å². The number of aromatic nitrogens is 1. The number of aryl methyl sites for hydroxylation is 1. The van der Waals surface area contributed by atoms with Gasteiger partial charge in [-0.1, -0.05) is 159 Å². The number of pyridine rings is 1. The molecule has 368 valence electrons. The van der Waals surface area contributed by atoms with E-state index in [2.05, 4.69) is 75.9 Å². The van der Waals surface area contributed by atoms with Crippen LogP contribution >= 0.6 is 0 Å². The van der Waals surface area contributed by atoms with Crippen molar-refractivity contribution in [3.63, 3.8) is 0 Å². The molecule has 2 aliphatic heterocycles. The fourth-order valence-corrected chi connectivity index (χ4v) is 9.59. The van der Waals surface area contributed by atoms with E-state index in [0.29, 0.717) is 17.0 Å². The van der Waals surface area contributed by atoms with Gasteiger partial charge in [0.2, 0.25) is 0 Å². The van der Waals surface area contributed by atoms with E-state index < -0.39 is 40.9 Å². The minimum absolute atomic E-state index is 0. The van der Waals surface area contributed by atoms with Crippen LogP contribution < -0.4 is 14.5 Å². The maximum atomic E-state index is 14.5. The molecule has 7 aromatic rings. The molecule has 12 heteroatoms. The van der Waals surface area contributed by atoms with E-state index >= 15 is 0 Å². The van der Waals surface area contributed by atoms with Crippen LogP contribution in [0.4, 0.5) is 49.2 Å². The van der Waals surface area contributed by atoms with Crippen LogP contribution in [-0.2, 0) is 49.7 Å². The molecule has 0 fully saturated rings. The van der Waals surface area contributed by atoms with Crippen LogP contribution in [-0.4, -0.2) is 23.4 Å². The van der Waals surface area contributed by atoms with Gasteiger partial charge in [0.1, 0.15) is 5.82 Å². The molecule has 0 spiro atoms. The topological polar surface area (TPSA) is 41.0 Å². The number of hydrogen-bond acceptors (Lipinski definition) is 5. The maximum absolute atomic E-state index is 14.5. The molecular weight excluding hydrogens is 1090 g/mol. The number of alkyl halides is 6. The molecule has 5 nitrogen and oxygen atoms in total. The fourth-order valence-electron chi connectivity index (χ4n) is 9.59. The Morgan fingerprint density at radius 2 is 1.23 bits per heavy atom. The molecule has 0 bridgehead atoms. The number of nitrogens with zero attached hydrogens (tertiary/aromatic N) is 4. The molecule has 1 aromatic heterocycles. The predicted octanol–water partition coefficient (Wildman–Crippen LogP) is 16.0. The Hall–Kier alpha value is -6.19. The summed E-state index contributed by atoms with van der Waals surface area (Å²) in [7, 11) is 0. The standard InChI is InChI=1S/C59H54F6N4O.Pt/c1-36-25-45(69-51-23-22-40(55(2,3)4)33-49(51)57(8,9)48-21-16-24-66-54(48)69)34-46(26-36)70-47-28-39(27-41(32-47)56(5,6)7)53-67-50(52(37-17-12-10-13-18-37)38-19-14-11-15-20-38)35-68(53)44-30-42(58(60,61)62)29-43(31-44)59(63,64)65;/h10-27,29-33,50,52H,35H2,1-9H3;/q-2;+2/t50-;/m0./s1. The van der Waals surface area contributed by atoms with E-state index in [0.717, 1.165) is 57.0 Å². The normalized spacial score (nSPS) is 15.8. The molecule has 0 radical (unpaired) electrons. The van der Waals surface area contributed by atoms with Crippen molar-refractivity contribution in [2.45, 2.75) is 103 Å². The average Bonchev–Trinajstić information content (AvgIpc) is 3.73. The summed E-state index contributed by atoms with van der Waals surface area (Å²) in [6, 6.07) is 45.3. The third-order valence-electron chi connectivity index (χ3n) is 13.3. The predicted molar refractivity (Wildman–Crippen MR) is 266 cm³/mol. The van der Waals surface area contributed by atoms with Gasteiger partial charge in [-0.05, 0) is 63.4 Å². The van der Waals surface area contributed by atoms with E-state index in [1.54, 1.807) is 6.20 Å². The van der Waals surface area contributed by atoms with Crippen molar-refractivity contribution in [1.29, 1.82) is 0 Å². The van der Waals surface area contributed by atoms with Gasteiger partial charge in [0.25, 0.3) is 0 Å². The molecule has 0 N–H and O–H groups in total. The monoisotopic (exact) mass is 1140 g/mol. The number of rotatable bonds is 8. The van der Waals surface area contributed by atoms with Gasteiger partial charge in [-0.15, -0.1) is 35.4 Å². The molecule has 2 aliphatic rings. The Kier molecular flexibility index (Phi) is 13.5. The summed E-state index contributed by atoms with van der Waals surface area (Å²) >= 11 is 0. The first kappa shape index (κ1) is 51.2. The van der Waals surface area contributed by atoms with Gasteiger partial charge in [0.15, 0.2) is 0 Å². The minimum atomic E-state index is -5.06.